The molecule has 6 heteroatoms. The third kappa shape index (κ3) is 4.31. The summed E-state index contributed by atoms with van der Waals surface area (Å²) < 4.78 is 1.76. The molecule has 0 aliphatic carbocycles. The van der Waals surface area contributed by atoms with Crippen molar-refractivity contribution in [1.82, 2.24) is 9.78 Å². The first-order valence-corrected chi connectivity index (χ1v) is 10.7. The molecule has 1 aliphatic heterocycles. The molecule has 154 valence electrons. The van der Waals surface area contributed by atoms with Gasteiger partial charge in [-0.1, -0.05) is 29.8 Å². The first-order valence-electron chi connectivity index (χ1n) is 10.3. The van der Waals surface area contributed by atoms with Crippen LogP contribution in [0, 0.1) is 0 Å². The lowest BCUT2D eigenvalue weighted by Crippen LogP contribution is -2.35. The van der Waals surface area contributed by atoms with Crippen LogP contribution in [0.1, 0.15) is 51.7 Å². The second-order valence-corrected chi connectivity index (χ2v) is 7.95. The SMILES string of the molecule is CCn1ccc(C(=O)CCc2ccc3c(c2)CCCN3C(=O)c2cccc(Cl)c2)n1. The number of amides is 1. The number of nitrogens with zero attached hydrogens (tertiary/aromatic N) is 3. The summed E-state index contributed by atoms with van der Waals surface area (Å²) in [4.78, 5) is 27.3. The standard InChI is InChI=1S/C24H24ClN3O2/c1-2-27-14-12-21(26-27)23(29)11-9-17-8-10-22-18(15-17)6-4-13-28(22)24(30)19-5-3-7-20(25)16-19/h3,5,7-8,10,12,14-16H,2,4,6,9,11,13H2,1H3. The normalized spacial score (nSPS) is 13.2. The highest BCUT2D eigenvalue weighted by atomic mass is 35.5. The van der Waals surface area contributed by atoms with E-state index in [4.69, 9.17) is 11.6 Å². The molecule has 1 amide bonds. The Labute approximate surface area is 181 Å². The molecule has 1 aromatic heterocycles. The van der Waals surface area contributed by atoms with Gasteiger partial charge in [-0.25, -0.2) is 0 Å². The van der Waals surface area contributed by atoms with E-state index in [0.29, 0.717) is 35.7 Å². The van der Waals surface area contributed by atoms with Gasteiger partial charge < -0.3 is 4.90 Å². The third-order valence-electron chi connectivity index (χ3n) is 5.47. The Morgan fingerprint density at radius 1 is 1.13 bits per heavy atom. The van der Waals surface area contributed by atoms with Crippen LogP contribution in [0.25, 0.3) is 0 Å². The smallest absolute Gasteiger partial charge is 0.258 e. The van der Waals surface area contributed by atoms with Crippen LogP contribution in [-0.4, -0.2) is 28.0 Å². The maximum absolute atomic E-state index is 13.0. The van der Waals surface area contributed by atoms with Gasteiger partial charge in [-0.05, 0) is 67.6 Å². The maximum Gasteiger partial charge on any atom is 0.258 e. The van der Waals surface area contributed by atoms with E-state index in [0.717, 1.165) is 36.2 Å². The number of aryl methyl sites for hydroxylation is 3. The molecule has 3 aromatic rings. The summed E-state index contributed by atoms with van der Waals surface area (Å²) in [6.45, 7) is 3.44. The molecule has 0 spiro atoms. The van der Waals surface area contributed by atoms with Crippen molar-refractivity contribution in [1.29, 1.82) is 0 Å². The summed E-state index contributed by atoms with van der Waals surface area (Å²) in [5, 5.41) is 4.85. The Bertz CT molecular complexity index is 1090. The Balaban J connectivity index is 1.47. The van der Waals surface area contributed by atoms with Crippen LogP contribution in [0.3, 0.4) is 0 Å². The van der Waals surface area contributed by atoms with Gasteiger partial charge in [0, 0.05) is 42.0 Å². The lowest BCUT2D eigenvalue weighted by atomic mass is 9.96. The molecule has 4 rings (SSSR count). The highest BCUT2D eigenvalue weighted by Crippen LogP contribution is 2.30. The van der Waals surface area contributed by atoms with Gasteiger partial charge in [0.15, 0.2) is 5.78 Å². The molecule has 30 heavy (non-hydrogen) atoms. The fourth-order valence-corrected chi connectivity index (χ4v) is 4.06. The molecule has 0 unspecified atom stereocenters. The number of aromatic nitrogens is 2. The molecule has 1 aliphatic rings. The number of hydrogen-bond acceptors (Lipinski definition) is 3. The molecule has 0 atom stereocenters. The Kier molecular flexibility index (Phi) is 6.00. The predicted octanol–water partition coefficient (Wildman–Crippen LogP) is 4.96. The van der Waals surface area contributed by atoms with Gasteiger partial charge in [0.05, 0.1) is 0 Å². The minimum Gasteiger partial charge on any atom is -0.308 e. The third-order valence-corrected chi connectivity index (χ3v) is 5.71. The van der Waals surface area contributed by atoms with Crippen LogP contribution in [0.4, 0.5) is 5.69 Å². The first-order chi connectivity index (χ1) is 14.5. The van der Waals surface area contributed by atoms with Crippen molar-refractivity contribution in [3.8, 4) is 0 Å². The van der Waals surface area contributed by atoms with E-state index in [2.05, 4.69) is 11.2 Å². The zero-order valence-corrected chi connectivity index (χ0v) is 17.7. The quantitative estimate of drug-likeness (QED) is 0.528. The van der Waals surface area contributed by atoms with Gasteiger partial charge in [-0.2, -0.15) is 5.10 Å². The summed E-state index contributed by atoms with van der Waals surface area (Å²) >= 11 is 6.06. The second kappa shape index (κ2) is 8.84. The summed E-state index contributed by atoms with van der Waals surface area (Å²) in [5.74, 6) is 0.0190. The topological polar surface area (TPSA) is 55.2 Å². The lowest BCUT2D eigenvalue weighted by Gasteiger charge is -2.30. The van der Waals surface area contributed by atoms with Gasteiger partial charge >= 0.3 is 0 Å². The van der Waals surface area contributed by atoms with Crippen LogP contribution in [0.2, 0.25) is 5.02 Å². The highest BCUT2D eigenvalue weighted by Gasteiger charge is 2.24. The molecule has 0 fully saturated rings. The Morgan fingerprint density at radius 2 is 2.00 bits per heavy atom. The van der Waals surface area contributed by atoms with Crippen molar-refractivity contribution in [2.24, 2.45) is 0 Å². The molecule has 0 radical (unpaired) electrons. The van der Waals surface area contributed by atoms with E-state index in [1.54, 1.807) is 35.0 Å². The second-order valence-electron chi connectivity index (χ2n) is 7.51. The van der Waals surface area contributed by atoms with E-state index in [1.807, 2.05) is 30.2 Å². The minimum atomic E-state index is -0.0344. The number of Topliss-reactive ketones (excluding diaryl/α,β-unsaturated/α-hetero) is 1. The van der Waals surface area contributed by atoms with Crippen molar-refractivity contribution in [3.05, 3.63) is 82.1 Å². The van der Waals surface area contributed by atoms with E-state index < -0.39 is 0 Å². The van der Waals surface area contributed by atoms with E-state index >= 15 is 0 Å². The number of fused-ring (bicyclic) bond motifs is 1. The Morgan fingerprint density at radius 3 is 2.77 bits per heavy atom. The lowest BCUT2D eigenvalue weighted by molar-refractivity contribution is 0.0973. The minimum absolute atomic E-state index is 0.0344. The number of carbonyl (C=O) groups excluding carboxylic acids is 2. The Hall–Kier alpha value is -2.92. The van der Waals surface area contributed by atoms with Crippen molar-refractivity contribution < 1.29 is 9.59 Å². The molecular formula is C24H24ClN3O2. The predicted molar refractivity (Wildman–Crippen MR) is 118 cm³/mol. The van der Waals surface area contributed by atoms with Crippen molar-refractivity contribution in [3.63, 3.8) is 0 Å². The monoisotopic (exact) mass is 421 g/mol. The van der Waals surface area contributed by atoms with Gasteiger partial charge in [0.25, 0.3) is 5.91 Å². The van der Waals surface area contributed by atoms with Crippen LogP contribution in [-0.2, 0) is 19.4 Å². The molecule has 0 bridgehead atoms. The summed E-state index contributed by atoms with van der Waals surface area (Å²) in [6.07, 6.45) is 4.75. The highest BCUT2D eigenvalue weighted by molar-refractivity contribution is 6.31. The zero-order chi connectivity index (χ0) is 21.1. The van der Waals surface area contributed by atoms with E-state index in [1.165, 1.54) is 0 Å². The first kappa shape index (κ1) is 20.4. The van der Waals surface area contributed by atoms with Gasteiger partial charge in [-0.15, -0.1) is 0 Å². The summed E-state index contributed by atoms with van der Waals surface area (Å²) in [5.41, 5.74) is 4.32. The molecule has 0 saturated heterocycles. The number of rotatable bonds is 6. The number of anilines is 1. The number of hydrogen-bond donors (Lipinski definition) is 0. The van der Waals surface area contributed by atoms with E-state index in [9.17, 15) is 9.59 Å². The van der Waals surface area contributed by atoms with Gasteiger partial charge in [-0.3, -0.25) is 14.3 Å². The van der Waals surface area contributed by atoms with Crippen molar-refractivity contribution in [2.45, 2.75) is 39.2 Å². The van der Waals surface area contributed by atoms with E-state index in [-0.39, 0.29) is 11.7 Å². The fraction of sp³-hybridized carbons (Fsp3) is 0.292. The summed E-state index contributed by atoms with van der Waals surface area (Å²) in [7, 11) is 0. The maximum atomic E-state index is 13.0. The van der Waals surface area contributed by atoms with Crippen LogP contribution < -0.4 is 4.90 Å². The number of benzene rings is 2. The fourth-order valence-electron chi connectivity index (χ4n) is 3.87. The molecule has 2 heterocycles. The average Bonchev–Trinajstić information content (AvgIpc) is 3.26. The van der Waals surface area contributed by atoms with Gasteiger partial charge in [0.2, 0.25) is 0 Å². The molecular weight excluding hydrogens is 398 g/mol. The van der Waals surface area contributed by atoms with Crippen molar-refractivity contribution >= 4 is 29.0 Å². The molecule has 5 nitrogen and oxygen atoms in total. The molecule has 0 N–H and O–H groups in total. The summed E-state index contributed by atoms with van der Waals surface area (Å²) in [6, 6.07) is 15.0. The number of carbonyl (C=O) groups is 2. The van der Waals surface area contributed by atoms with Crippen molar-refractivity contribution in [2.75, 3.05) is 11.4 Å². The van der Waals surface area contributed by atoms with Gasteiger partial charge in [0.1, 0.15) is 5.69 Å². The largest absolute Gasteiger partial charge is 0.308 e. The van der Waals surface area contributed by atoms with Crippen LogP contribution in [0.15, 0.2) is 54.7 Å². The number of halogens is 1. The number of ketones is 1. The van der Waals surface area contributed by atoms with Crippen LogP contribution in [0.5, 0.6) is 0 Å². The molecule has 0 saturated carbocycles. The molecule has 2 aromatic carbocycles. The zero-order valence-electron chi connectivity index (χ0n) is 17.0. The van der Waals surface area contributed by atoms with Crippen LogP contribution >= 0.6 is 11.6 Å². The average molecular weight is 422 g/mol.